The molecule has 1 heterocycles. The summed E-state index contributed by atoms with van der Waals surface area (Å²) in [5, 5.41) is 6.63. The van der Waals surface area contributed by atoms with Crippen molar-refractivity contribution in [2.24, 2.45) is 0 Å². The van der Waals surface area contributed by atoms with Crippen LogP contribution in [0.2, 0.25) is 0 Å². The number of benzene rings is 1. The number of carbonyl (C=O) groups is 2. The normalized spacial score (nSPS) is 14.1. The van der Waals surface area contributed by atoms with Crippen LogP contribution in [-0.2, 0) is 28.9 Å². The Balaban J connectivity index is 1.67. The number of hydrogen-bond donors (Lipinski definition) is 3. The fraction of sp³-hybridized carbons (Fsp3) is 0.478. The SMILES string of the molecule is COCCNC(=O)c1c(NC(=O)C[NH+](C)Cc2ccc(C)cc2)sc2c1CCCC2. The van der Waals surface area contributed by atoms with E-state index in [1.54, 1.807) is 18.4 Å². The van der Waals surface area contributed by atoms with Crippen LogP contribution in [0.5, 0.6) is 0 Å². The summed E-state index contributed by atoms with van der Waals surface area (Å²) >= 11 is 1.56. The molecule has 162 valence electrons. The van der Waals surface area contributed by atoms with E-state index in [-0.39, 0.29) is 11.8 Å². The van der Waals surface area contributed by atoms with Crippen LogP contribution in [0.3, 0.4) is 0 Å². The van der Waals surface area contributed by atoms with Gasteiger partial charge >= 0.3 is 0 Å². The second-order valence-electron chi connectivity index (χ2n) is 8.01. The van der Waals surface area contributed by atoms with E-state index in [2.05, 4.69) is 41.8 Å². The van der Waals surface area contributed by atoms with Crippen LogP contribution < -0.4 is 15.5 Å². The minimum absolute atomic E-state index is 0.0656. The third-order valence-electron chi connectivity index (χ3n) is 5.33. The number of carbonyl (C=O) groups excluding carboxylic acids is 2. The zero-order valence-corrected chi connectivity index (χ0v) is 18.9. The van der Waals surface area contributed by atoms with Gasteiger partial charge in [0.1, 0.15) is 11.5 Å². The van der Waals surface area contributed by atoms with Gasteiger partial charge in [0.15, 0.2) is 6.54 Å². The van der Waals surface area contributed by atoms with Gasteiger partial charge in [0.2, 0.25) is 0 Å². The maximum Gasteiger partial charge on any atom is 0.280 e. The van der Waals surface area contributed by atoms with Crippen molar-refractivity contribution in [2.75, 3.05) is 39.2 Å². The molecule has 1 aliphatic rings. The molecule has 1 atom stereocenters. The fourth-order valence-corrected chi connectivity index (χ4v) is 5.11. The average molecular weight is 431 g/mol. The predicted octanol–water partition coefficient (Wildman–Crippen LogP) is 1.96. The van der Waals surface area contributed by atoms with Gasteiger partial charge in [0, 0.05) is 24.1 Å². The standard InChI is InChI=1S/C23H31N3O3S/c1-16-8-10-17(11-9-16)14-26(2)15-20(27)25-23-21(22(28)24-12-13-29-3)18-6-4-5-7-19(18)30-23/h8-11H,4-7,12-15H2,1-3H3,(H,24,28)(H,25,27)/p+1. The molecule has 1 aromatic heterocycles. The monoisotopic (exact) mass is 430 g/mol. The Labute approximate surface area is 182 Å². The first-order chi connectivity index (χ1) is 14.5. The number of likely N-dealkylation sites (N-methyl/N-ethyl adjacent to an activating group) is 1. The highest BCUT2D eigenvalue weighted by Crippen LogP contribution is 2.38. The van der Waals surface area contributed by atoms with Gasteiger partial charge in [-0.2, -0.15) is 0 Å². The first kappa shape index (κ1) is 22.5. The zero-order valence-electron chi connectivity index (χ0n) is 18.1. The molecule has 3 N–H and O–H groups in total. The summed E-state index contributed by atoms with van der Waals surface area (Å²) in [6.07, 6.45) is 4.09. The molecule has 0 radical (unpaired) electrons. The number of nitrogens with one attached hydrogen (secondary N) is 3. The molecule has 2 aromatic rings. The summed E-state index contributed by atoms with van der Waals surface area (Å²) in [6.45, 7) is 4.11. The number of quaternary nitrogens is 1. The van der Waals surface area contributed by atoms with Crippen LogP contribution in [0, 0.1) is 6.92 Å². The molecule has 3 rings (SSSR count). The van der Waals surface area contributed by atoms with Gasteiger partial charge in [-0.1, -0.05) is 29.8 Å². The van der Waals surface area contributed by atoms with Crippen LogP contribution in [0.15, 0.2) is 24.3 Å². The number of methoxy groups -OCH3 is 1. The molecule has 1 aromatic carbocycles. The molecule has 0 fully saturated rings. The minimum atomic E-state index is -0.123. The summed E-state index contributed by atoms with van der Waals surface area (Å²) < 4.78 is 5.03. The van der Waals surface area contributed by atoms with Crippen molar-refractivity contribution in [2.45, 2.75) is 39.2 Å². The lowest BCUT2D eigenvalue weighted by Crippen LogP contribution is -3.08. The quantitative estimate of drug-likeness (QED) is 0.533. The first-order valence-corrected chi connectivity index (χ1v) is 11.4. The van der Waals surface area contributed by atoms with Crippen molar-refractivity contribution in [3.8, 4) is 0 Å². The molecular formula is C23H32N3O3S+. The van der Waals surface area contributed by atoms with Gasteiger partial charge in [-0.25, -0.2) is 0 Å². The molecule has 7 heteroatoms. The largest absolute Gasteiger partial charge is 0.383 e. The molecule has 0 aliphatic heterocycles. The highest BCUT2D eigenvalue weighted by atomic mass is 32.1. The maximum atomic E-state index is 12.8. The summed E-state index contributed by atoms with van der Waals surface area (Å²) in [6, 6.07) is 8.39. The van der Waals surface area contributed by atoms with E-state index in [4.69, 9.17) is 4.74 Å². The Morgan fingerprint density at radius 2 is 1.90 bits per heavy atom. The van der Waals surface area contributed by atoms with Crippen molar-refractivity contribution >= 4 is 28.2 Å². The van der Waals surface area contributed by atoms with Crippen molar-refractivity contribution in [3.63, 3.8) is 0 Å². The number of fused-ring (bicyclic) bond motifs is 1. The molecular weight excluding hydrogens is 398 g/mol. The van der Waals surface area contributed by atoms with Crippen LogP contribution in [0.4, 0.5) is 5.00 Å². The Morgan fingerprint density at radius 1 is 1.17 bits per heavy atom. The topological polar surface area (TPSA) is 71.9 Å². The van der Waals surface area contributed by atoms with Crippen LogP contribution in [-0.4, -0.2) is 45.7 Å². The molecule has 2 amide bonds. The predicted molar refractivity (Wildman–Crippen MR) is 120 cm³/mol. The maximum absolute atomic E-state index is 12.8. The summed E-state index contributed by atoms with van der Waals surface area (Å²) in [7, 11) is 3.62. The van der Waals surface area contributed by atoms with Crippen molar-refractivity contribution in [1.29, 1.82) is 0 Å². The number of ether oxygens (including phenoxy) is 1. The first-order valence-electron chi connectivity index (χ1n) is 10.6. The molecule has 1 unspecified atom stereocenters. The van der Waals surface area contributed by atoms with Gasteiger partial charge in [-0.05, 0) is 38.2 Å². The number of aryl methyl sites for hydroxylation is 2. The summed E-state index contributed by atoms with van der Waals surface area (Å²) in [4.78, 5) is 27.9. The highest BCUT2D eigenvalue weighted by molar-refractivity contribution is 7.17. The Hall–Kier alpha value is -2.22. The highest BCUT2D eigenvalue weighted by Gasteiger charge is 2.26. The number of hydrogen-bond acceptors (Lipinski definition) is 4. The molecule has 0 saturated heterocycles. The zero-order chi connectivity index (χ0) is 21.5. The fourth-order valence-electron chi connectivity index (χ4n) is 3.81. The van der Waals surface area contributed by atoms with Gasteiger partial charge in [0.25, 0.3) is 11.8 Å². The van der Waals surface area contributed by atoms with Gasteiger partial charge in [-0.3, -0.25) is 9.59 Å². The smallest absolute Gasteiger partial charge is 0.280 e. The lowest BCUT2D eigenvalue weighted by atomic mass is 9.95. The number of anilines is 1. The second-order valence-corrected chi connectivity index (χ2v) is 9.11. The van der Waals surface area contributed by atoms with Crippen molar-refractivity contribution < 1.29 is 19.2 Å². The van der Waals surface area contributed by atoms with Crippen LogP contribution in [0.25, 0.3) is 0 Å². The van der Waals surface area contributed by atoms with Gasteiger partial charge in [-0.15, -0.1) is 11.3 Å². The average Bonchev–Trinajstić information content (AvgIpc) is 3.07. The lowest BCUT2D eigenvalue weighted by molar-refractivity contribution is -0.885. The third-order valence-corrected chi connectivity index (χ3v) is 6.54. The number of thiophene rings is 1. The molecule has 0 saturated carbocycles. The van der Waals surface area contributed by atoms with E-state index in [1.807, 2.05) is 7.05 Å². The summed E-state index contributed by atoms with van der Waals surface area (Å²) in [5.41, 5.74) is 4.19. The Kier molecular flexibility index (Phi) is 8.01. The van der Waals surface area contributed by atoms with E-state index in [9.17, 15) is 9.59 Å². The molecule has 30 heavy (non-hydrogen) atoms. The third kappa shape index (κ3) is 5.90. The number of amides is 2. The summed E-state index contributed by atoms with van der Waals surface area (Å²) in [5.74, 6) is -0.189. The van der Waals surface area contributed by atoms with E-state index in [0.29, 0.717) is 30.3 Å². The lowest BCUT2D eigenvalue weighted by Gasteiger charge is -2.15. The van der Waals surface area contributed by atoms with Crippen LogP contribution in [0.1, 0.15) is 44.8 Å². The molecule has 0 spiro atoms. The molecule has 6 nitrogen and oxygen atoms in total. The van der Waals surface area contributed by atoms with E-state index < -0.39 is 0 Å². The minimum Gasteiger partial charge on any atom is -0.383 e. The van der Waals surface area contributed by atoms with E-state index in [0.717, 1.165) is 42.7 Å². The van der Waals surface area contributed by atoms with Gasteiger partial charge < -0.3 is 20.3 Å². The molecule has 1 aliphatic carbocycles. The van der Waals surface area contributed by atoms with E-state index in [1.165, 1.54) is 16.0 Å². The Morgan fingerprint density at radius 3 is 2.63 bits per heavy atom. The second kappa shape index (κ2) is 10.7. The van der Waals surface area contributed by atoms with Crippen LogP contribution >= 0.6 is 11.3 Å². The Bertz CT molecular complexity index is 877. The van der Waals surface area contributed by atoms with Crippen molar-refractivity contribution in [3.05, 3.63) is 51.4 Å². The van der Waals surface area contributed by atoms with Gasteiger partial charge in [0.05, 0.1) is 19.2 Å². The van der Waals surface area contributed by atoms with E-state index >= 15 is 0 Å². The van der Waals surface area contributed by atoms with Crippen molar-refractivity contribution in [1.82, 2.24) is 5.32 Å². The molecule has 0 bridgehead atoms. The number of rotatable bonds is 9.